The van der Waals surface area contributed by atoms with Crippen molar-refractivity contribution >= 4 is 11.8 Å². The van der Waals surface area contributed by atoms with Crippen LogP contribution in [-0.4, -0.2) is 36.9 Å². The number of Topliss-reactive ketones (excluding diaryl/α,β-unsaturated/α-hetero) is 1. The summed E-state index contributed by atoms with van der Waals surface area (Å²) in [7, 11) is 1.42. The summed E-state index contributed by atoms with van der Waals surface area (Å²) in [6.45, 7) is 2.06. The van der Waals surface area contributed by atoms with Crippen LogP contribution >= 0.6 is 0 Å². The van der Waals surface area contributed by atoms with Crippen molar-refractivity contribution in [2.24, 2.45) is 17.3 Å². The Morgan fingerprint density at radius 3 is 3.00 bits per heavy atom. The lowest BCUT2D eigenvalue weighted by atomic mass is 9.62. The van der Waals surface area contributed by atoms with E-state index < -0.39 is 0 Å². The first-order valence-corrected chi connectivity index (χ1v) is 7.97. The number of allylic oxidation sites excluding steroid dienone is 2. The molecular formula is C17H21NO3. The number of piperidine rings is 1. The Hall–Kier alpha value is -1.58. The van der Waals surface area contributed by atoms with E-state index >= 15 is 0 Å². The van der Waals surface area contributed by atoms with Crippen LogP contribution in [0.25, 0.3) is 0 Å². The maximum Gasteiger partial charge on any atom is 0.337 e. The molecule has 0 aromatic rings. The highest BCUT2D eigenvalue weighted by atomic mass is 16.5. The summed E-state index contributed by atoms with van der Waals surface area (Å²) in [5.41, 5.74) is 1.86. The molecule has 2 bridgehead atoms. The second kappa shape index (κ2) is 4.46. The van der Waals surface area contributed by atoms with Gasteiger partial charge in [-0.2, -0.15) is 0 Å². The molecule has 2 aliphatic carbocycles. The molecule has 4 nitrogen and oxygen atoms in total. The molecule has 0 unspecified atom stereocenters. The lowest BCUT2D eigenvalue weighted by Gasteiger charge is -2.49. The largest absolute Gasteiger partial charge is 0.465 e. The van der Waals surface area contributed by atoms with Crippen LogP contribution in [-0.2, 0) is 14.3 Å². The predicted molar refractivity (Wildman–Crippen MR) is 77.3 cm³/mol. The zero-order chi connectivity index (χ0) is 14.6. The summed E-state index contributed by atoms with van der Waals surface area (Å²) in [5.74, 6) is 0.466. The van der Waals surface area contributed by atoms with E-state index in [2.05, 4.69) is 4.90 Å². The summed E-state index contributed by atoms with van der Waals surface area (Å²) >= 11 is 0. The van der Waals surface area contributed by atoms with Crippen LogP contribution in [0.1, 0.15) is 32.1 Å². The average Bonchev–Trinajstić information content (AvgIpc) is 2.71. The maximum absolute atomic E-state index is 12.6. The van der Waals surface area contributed by atoms with Gasteiger partial charge in [0.2, 0.25) is 0 Å². The number of nitrogens with zero attached hydrogens (tertiary/aromatic N) is 1. The zero-order valence-electron chi connectivity index (χ0n) is 12.4. The van der Waals surface area contributed by atoms with Gasteiger partial charge in [-0.1, -0.05) is 6.08 Å². The highest BCUT2D eigenvalue weighted by Crippen LogP contribution is 2.61. The van der Waals surface area contributed by atoms with Gasteiger partial charge in [0.25, 0.3) is 0 Å². The molecule has 2 saturated heterocycles. The van der Waals surface area contributed by atoms with Gasteiger partial charge >= 0.3 is 5.97 Å². The van der Waals surface area contributed by atoms with E-state index in [1.165, 1.54) is 12.8 Å². The van der Waals surface area contributed by atoms with Gasteiger partial charge in [-0.25, -0.2) is 4.79 Å². The lowest BCUT2D eigenvalue weighted by Crippen LogP contribution is -2.46. The number of ether oxygens (including phenoxy) is 1. The molecule has 0 amide bonds. The number of rotatable bonds is 1. The molecule has 4 heteroatoms. The highest BCUT2D eigenvalue weighted by molar-refractivity contribution is 5.94. The third kappa shape index (κ3) is 1.62. The van der Waals surface area contributed by atoms with Crippen LogP contribution in [0.4, 0.5) is 0 Å². The molecule has 0 aromatic heterocycles. The van der Waals surface area contributed by atoms with Gasteiger partial charge < -0.3 is 9.64 Å². The third-order valence-electron chi connectivity index (χ3n) is 5.94. The molecule has 3 atom stereocenters. The molecule has 0 N–H and O–H groups in total. The Morgan fingerprint density at radius 2 is 2.19 bits per heavy atom. The van der Waals surface area contributed by atoms with Gasteiger partial charge in [0.1, 0.15) is 5.78 Å². The Labute approximate surface area is 124 Å². The van der Waals surface area contributed by atoms with E-state index in [-0.39, 0.29) is 23.2 Å². The van der Waals surface area contributed by atoms with E-state index in [1.54, 1.807) is 0 Å². The first-order chi connectivity index (χ1) is 10.2. The van der Waals surface area contributed by atoms with E-state index in [0.29, 0.717) is 17.8 Å². The van der Waals surface area contributed by atoms with E-state index in [4.69, 9.17) is 4.74 Å². The first kappa shape index (κ1) is 13.1. The fourth-order valence-electron chi connectivity index (χ4n) is 5.15. The molecule has 21 heavy (non-hydrogen) atoms. The third-order valence-corrected chi connectivity index (χ3v) is 5.94. The quantitative estimate of drug-likeness (QED) is 0.693. The number of methoxy groups -OCH3 is 1. The van der Waals surface area contributed by atoms with Crippen molar-refractivity contribution in [3.63, 3.8) is 0 Å². The lowest BCUT2D eigenvalue weighted by molar-refractivity contribution is -0.135. The van der Waals surface area contributed by atoms with Crippen molar-refractivity contribution in [2.45, 2.75) is 32.1 Å². The van der Waals surface area contributed by atoms with Crippen LogP contribution in [0.3, 0.4) is 0 Å². The van der Waals surface area contributed by atoms with E-state index in [0.717, 1.165) is 38.8 Å². The fraction of sp³-hybridized carbons (Fsp3) is 0.647. The van der Waals surface area contributed by atoms with E-state index in [1.807, 2.05) is 12.2 Å². The summed E-state index contributed by atoms with van der Waals surface area (Å²) in [6, 6.07) is 0. The van der Waals surface area contributed by atoms with Gasteiger partial charge in [-0.3, -0.25) is 4.79 Å². The number of esters is 1. The molecule has 0 radical (unpaired) electrons. The Kier molecular flexibility index (Phi) is 2.78. The Morgan fingerprint density at radius 1 is 1.38 bits per heavy atom. The summed E-state index contributed by atoms with van der Waals surface area (Å²) in [5, 5.41) is 0. The van der Waals surface area contributed by atoms with Gasteiger partial charge in [0.15, 0.2) is 0 Å². The second-order valence-electron chi connectivity index (χ2n) is 6.75. The number of carbonyl (C=O) groups excluding carboxylic acids is 2. The monoisotopic (exact) mass is 287 g/mol. The number of ketones is 1. The second-order valence-corrected chi connectivity index (χ2v) is 6.75. The first-order valence-electron chi connectivity index (χ1n) is 7.97. The van der Waals surface area contributed by atoms with Gasteiger partial charge in [-0.05, 0) is 37.7 Å². The normalized spacial score (nSPS) is 37.4. The predicted octanol–water partition coefficient (Wildman–Crippen LogP) is 2.06. The van der Waals surface area contributed by atoms with Crippen molar-refractivity contribution in [3.8, 4) is 0 Å². The molecule has 4 rings (SSSR count). The molecule has 112 valence electrons. The average molecular weight is 287 g/mol. The van der Waals surface area contributed by atoms with Crippen molar-refractivity contribution in [1.29, 1.82) is 0 Å². The minimum atomic E-state index is -0.281. The van der Waals surface area contributed by atoms with Crippen LogP contribution in [0.5, 0.6) is 0 Å². The van der Waals surface area contributed by atoms with E-state index in [9.17, 15) is 9.59 Å². The maximum atomic E-state index is 12.6. The van der Waals surface area contributed by atoms with Crippen LogP contribution in [0.2, 0.25) is 0 Å². The number of carbonyl (C=O) groups is 2. The minimum Gasteiger partial charge on any atom is -0.465 e. The van der Waals surface area contributed by atoms with Crippen molar-refractivity contribution in [1.82, 2.24) is 4.90 Å². The van der Waals surface area contributed by atoms with Crippen molar-refractivity contribution < 1.29 is 14.3 Å². The summed E-state index contributed by atoms with van der Waals surface area (Å²) in [4.78, 5) is 26.9. The van der Waals surface area contributed by atoms with Gasteiger partial charge in [0.05, 0.1) is 12.7 Å². The molecule has 1 saturated carbocycles. The minimum absolute atomic E-state index is 0.0244. The SMILES string of the molecule is COC(=O)C1=C[C@@H]2CC(=O)[C@H]3CCCN4CCC[C@]23C4=C1. The van der Waals surface area contributed by atoms with Crippen LogP contribution in [0.15, 0.2) is 23.4 Å². The van der Waals surface area contributed by atoms with Crippen LogP contribution in [0, 0.1) is 17.3 Å². The molecule has 1 spiro atoms. The molecule has 2 aliphatic heterocycles. The van der Waals surface area contributed by atoms with Crippen molar-refractivity contribution in [2.75, 3.05) is 20.2 Å². The molecule has 3 fully saturated rings. The number of hydrogen-bond acceptors (Lipinski definition) is 4. The summed E-state index contributed by atoms with van der Waals surface area (Å²) < 4.78 is 4.90. The van der Waals surface area contributed by atoms with Gasteiger partial charge in [-0.15, -0.1) is 0 Å². The van der Waals surface area contributed by atoms with Gasteiger partial charge in [0, 0.05) is 36.5 Å². The zero-order valence-corrected chi connectivity index (χ0v) is 12.4. The summed E-state index contributed by atoms with van der Waals surface area (Å²) in [6.07, 6.45) is 8.94. The smallest absolute Gasteiger partial charge is 0.337 e. The Bertz CT molecular complexity index is 577. The molecule has 4 aliphatic rings. The van der Waals surface area contributed by atoms with Crippen LogP contribution < -0.4 is 0 Å². The number of hydrogen-bond donors (Lipinski definition) is 0. The molecular weight excluding hydrogens is 266 g/mol. The molecule has 0 aromatic carbocycles. The topological polar surface area (TPSA) is 46.6 Å². The van der Waals surface area contributed by atoms with Crippen molar-refractivity contribution in [3.05, 3.63) is 23.4 Å². The Balaban J connectivity index is 1.88. The molecule has 2 heterocycles. The highest BCUT2D eigenvalue weighted by Gasteiger charge is 2.59. The standard InChI is InChI=1S/C17H21NO3/c1-21-16(20)11-8-12-10-14(19)13-4-2-6-18-7-3-5-17(12,13)15(18)9-11/h8-9,12-13H,2-7,10H2,1H3/t12-,13-,17+/m1/s1. The fourth-order valence-corrected chi connectivity index (χ4v) is 5.15.